The molecule has 1 atom stereocenters. The van der Waals surface area contributed by atoms with Crippen molar-refractivity contribution in [2.75, 3.05) is 32.8 Å². The van der Waals surface area contributed by atoms with Gasteiger partial charge in [-0.25, -0.2) is 4.90 Å². The Hall–Kier alpha value is -2.77. The average Bonchev–Trinajstić information content (AvgIpc) is 3.01. The number of amides is 2. The summed E-state index contributed by atoms with van der Waals surface area (Å²) in [6, 6.07) is 10.2. The molecule has 0 spiro atoms. The molecule has 8 heteroatoms. The highest BCUT2D eigenvalue weighted by Crippen LogP contribution is 2.31. The van der Waals surface area contributed by atoms with Gasteiger partial charge in [-0.2, -0.15) is 0 Å². The minimum Gasteiger partial charge on any atom is -0.495 e. The van der Waals surface area contributed by atoms with Crippen molar-refractivity contribution in [3.8, 4) is 17.2 Å². The van der Waals surface area contributed by atoms with Crippen LogP contribution in [0.15, 0.2) is 36.4 Å². The summed E-state index contributed by atoms with van der Waals surface area (Å²) in [5.41, 5.74) is 1.52. The molecule has 2 N–H and O–H groups in total. The number of carbonyl (C=O) groups excluding carboxylic acids is 2. The maximum Gasteiger partial charge on any atom is 0.292 e. The maximum absolute atomic E-state index is 12.8. The monoisotopic (exact) mass is 419 g/mol. The zero-order valence-corrected chi connectivity index (χ0v) is 17.4. The van der Waals surface area contributed by atoms with Gasteiger partial charge in [0, 0.05) is 6.42 Å². The standard InChI is InChI=1S/C21H23ClN2O5/c1-27-17-7-5-14(11-15(17)22)24-20(25)12-16(21(24)26)23-9-8-13-4-6-18(28-2)19(10-13)29-3/h4-7,10-11,16,23H,8-9,12H2,1-3H3/p+1/t16-/m1/s1. The van der Waals surface area contributed by atoms with E-state index in [0.29, 0.717) is 34.5 Å². The predicted molar refractivity (Wildman–Crippen MR) is 109 cm³/mol. The minimum atomic E-state index is -0.441. The van der Waals surface area contributed by atoms with E-state index in [2.05, 4.69) is 0 Å². The SMILES string of the molecule is COc1ccc(N2C(=O)C[C@@H]([NH2+]CCc3ccc(OC)c(OC)c3)C2=O)cc1Cl. The van der Waals surface area contributed by atoms with Gasteiger partial charge < -0.3 is 19.5 Å². The van der Waals surface area contributed by atoms with Crippen molar-refractivity contribution in [3.63, 3.8) is 0 Å². The summed E-state index contributed by atoms with van der Waals surface area (Å²) < 4.78 is 15.7. The van der Waals surface area contributed by atoms with Crippen LogP contribution in [0.3, 0.4) is 0 Å². The summed E-state index contributed by atoms with van der Waals surface area (Å²) >= 11 is 6.14. The number of quaternary nitrogens is 1. The second kappa shape index (κ2) is 9.15. The molecule has 1 aliphatic heterocycles. The number of rotatable bonds is 8. The van der Waals surface area contributed by atoms with E-state index in [-0.39, 0.29) is 18.2 Å². The van der Waals surface area contributed by atoms with E-state index in [1.54, 1.807) is 32.4 Å². The Labute approximate surface area is 174 Å². The fraction of sp³-hybridized carbons (Fsp3) is 0.333. The Morgan fingerprint density at radius 3 is 2.34 bits per heavy atom. The van der Waals surface area contributed by atoms with Gasteiger partial charge in [-0.3, -0.25) is 9.59 Å². The van der Waals surface area contributed by atoms with E-state index in [1.807, 2.05) is 23.5 Å². The van der Waals surface area contributed by atoms with E-state index < -0.39 is 6.04 Å². The Morgan fingerprint density at radius 2 is 1.69 bits per heavy atom. The zero-order valence-electron chi connectivity index (χ0n) is 16.6. The fourth-order valence-electron chi connectivity index (χ4n) is 3.39. The Balaban J connectivity index is 1.62. The lowest BCUT2D eigenvalue weighted by atomic mass is 10.1. The Bertz CT molecular complexity index is 918. The molecule has 0 unspecified atom stereocenters. The third-order valence-corrected chi connectivity index (χ3v) is 5.20. The molecule has 1 fully saturated rings. The lowest BCUT2D eigenvalue weighted by Gasteiger charge is -2.15. The second-order valence-electron chi connectivity index (χ2n) is 6.66. The van der Waals surface area contributed by atoms with Crippen LogP contribution < -0.4 is 24.4 Å². The topological polar surface area (TPSA) is 81.7 Å². The molecule has 0 saturated carbocycles. The predicted octanol–water partition coefficient (Wildman–Crippen LogP) is 1.80. The van der Waals surface area contributed by atoms with Crippen molar-refractivity contribution in [3.05, 3.63) is 47.0 Å². The van der Waals surface area contributed by atoms with Crippen LogP contribution in [0.1, 0.15) is 12.0 Å². The normalized spacial score (nSPS) is 16.3. The third-order valence-electron chi connectivity index (χ3n) is 4.91. The highest BCUT2D eigenvalue weighted by Gasteiger charge is 2.42. The van der Waals surface area contributed by atoms with E-state index in [9.17, 15) is 9.59 Å². The van der Waals surface area contributed by atoms with Crippen LogP contribution in [0.5, 0.6) is 17.2 Å². The molecule has 29 heavy (non-hydrogen) atoms. The number of ether oxygens (including phenoxy) is 3. The van der Waals surface area contributed by atoms with Gasteiger partial charge in [-0.15, -0.1) is 0 Å². The van der Waals surface area contributed by atoms with Gasteiger partial charge in [0.15, 0.2) is 17.5 Å². The van der Waals surface area contributed by atoms with Crippen LogP contribution in [-0.2, 0) is 16.0 Å². The van der Waals surface area contributed by atoms with Gasteiger partial charge >= 0.3 is 0 Å². The summed E-state index contributed by atoms with van der Waals surface area (Å²) in [5.74, 6) is 1.37. The van der Waals surface area contributed by atoms with Crippen molar-refractivity contribution in [1.29, 1.82) is 0 Å². The van der Waals surface area contributed by atoms with Crippen molar-refractivity contribution in [2.24, 2.45) is 0 Å². The fourth-order valence-corrected chi connectivity index (χ4v) is 3.64. The molecule has 2 amide bonds. The molecule has 3 rings (SSSR count). The van der Waals surface area contributed by atoms with Gasteiger partial charge in [0.1, 0.15) is 5.75 Å². The molecular weight excluding hydrogens is 396 g/mol. The van der Waals surface area contributed by atoms with Crippen LogP contribution in [0.25, 0.3) is 0 Å². The van der Waals surface area contributed by atoms with E-state index >= 15 is 0 Å². The van der Waals surface area contributed by atoms with E-state index in [4.69, 9.17) is 25.8 Å². The zero-order chi connectivity index (χ0) is 21.0. The molecule has 7 nitrogen and oxygen atoms in total. The van der Waals surface area contributed by atoms with Crippen molar-refractivity contribution in [2.45, 2.75) is 18.9 Å². The molecule has 0 aromatic heterocycles. The number of imide groups is 1. The van der Waals surface area contributed by atoms with Crippen LogP contribution >= 0.6 is 11.6 Å². The Morgan fingerprint density at radius 1 is 1.00 bits per heavy atom. The summed E-state index contributed by atoms with van der Waals surface area (Å²) in [5, 5.41) is 2.26. The van der Waals surface area contributed by atoms with E-state index in [1.165, 1.54) is 12.0 Å². The van der Waals surface area contributed by atoms with Gasteiger partial charge in [-0.05, 0) is 35.9 Å². The van der Waals surface area contributed by atoms with Crippen LogP contribution in [-0.4, -0.2) is 45.7 Å². The summed E-state index contributed by atoms with van der Waals surface area (Å²) in [7, 11) is 4.70. The number of nitrogens with zero attached hydrogens (tertiary/aromatic N) is 1. The lowest BCUT2D eigenvalue weighted by Crippen LogP contribution is -2.92. The summed E-state index contributed by atoms with van der Waals surface area (Å²) in [6.07, 6.45) is 0.890. The highest BCUT2D eigenvalue weighted by atomic mass is 35.5. The third kappa shape index (κ3) is 4.46. The van der Waals surface area contributed by atoms with E-state index in [0.717, 1.165) is 12.0 Å². The average molecular weight is 420 g/mol. The molecule has 1 saturated heterocycles. The molecule has 0 aliphatic carbocycles. The molecule has 1 heterocycles. The number of methoxy groups -OCH3 is 3. The first-order valence-corrected chi connectivity index (χ1v) is 9.60. The number of carbonyl (C=O) groups is 2. The second-order valence-corrected chi connectivity index (χ2v) is 7.07. The highest BCUT2D eigenvalue weighted by molar-refractivity contribution is 6.32. The van der Waals surface area contributed by atoms with Crippen LogP contribution in [0.4, 0.5) is 5.69 Å². The number of hydrogen-bond acceptors (Lipinski definition) is 5. The first-order valence-electron chi connectivity index (χ1n) is 9.23. The van der Waals surface area contributed by atoms with Crippen molar-refractivity contribution in [1.82, 2.24) is 0 Å². The maximum atomic E-state index is 12.8. The minimum absolute atomic E-state index is 0.161. The summed E-state index contributed by atoms with van der Waals surface area (Å²) in [4.78, 5) is 26.4. The number of nitrogens with two attached hydrogens (primary N) is 1. The molecule has 2 aromatic rings. The molecular formula is C21H24ClN2O5+. The van der Waals surface area contributed by atoms with Crippen LogP contribution in [0, 0.1) is 0 Å². The van der Waals surface area contributed by atoms with Crippen molar-refractivity contribution >= 4 is 29.1 Å². The van der Waals surface area contributed by atoms with Gasteiger partial charge in [0.05, 0.1) is 45.0 Å². The molecule has 0 radical (unpaired) electrons. The lowest BCUT2D eigenvalue weighted by molar-refractivity contribution is -0.674. The first-order chi connectivity index (χ1) is 14.0. The molecule has 154 valence electrons. The van der Waals surface area contributed by atoms with Crippen LogP contribution in [0.2, 0.25) is 5.02 Å². The quantitative estimate of drug-likeness (QED) is 0.660. The molecule has 2 aromatic carbocycles. The molecule has 0 bridgehead atoms. The largest absolute Gasteiger partial charge is 0.495 e. The number of hydrogen-bond donors (Lipinski definition) is 1. The van der Waals surface area contributed by atoms with Gasteiger partial charge in [0.25, 0.3) is 5.91 Å². The number of halogens is 1. The number of anilines is 1. The van der Waals surface area contributed by atoms with Crippen molar-refractivity contribution < 1.29 is 29.1 Å². The smallest absolute Gasteiger partial charge is 0.292 e. The van der Waals surface area contributed by atoms with Gasteiger partial charge in [0.2, 0.25) is 5.91 Å². The number of benzene rings is 2. The Kier molecular flexibility index (Phi) is 6.61. The van der Waals surface area contributed by atoms with Gasteiger partial charge in [-0.1, -0.05) is 17.7 Å². The first kappa shape index (κ1) is 21.0. The summed E-state index contributed by atoms with van der Waals surface area (Å²) in [6.45, 7) is 0.663. The molecule has 1 aliphatic rings.